The van der Waals surface area contributed by atoms with E-state index in [9.17, 15) is 9.18 Å². The lowest BCUT2D eigenvalue weighted by Gasteiger charge is -2.21. The molecule has 23 heavy (non-hydrogen) atoms. The summed E-state index contributed by atoms with van der Waals surface area (Å²) in [7, 11) is 0. The Labute approximate surface area is 141 Å². The van der Waals surface area contributed by atoms with Crippen LogP contribution in [0.1, 0.15) is 55.2 Å². The summed E-state index contributed by atoms with van der Waals surface area (Å²) in [6, 6.07) is 11.9. The molecule has 0 saturated carbocycles. The number of carbonyl (C=O) groups excluding carboxylic acids is 1. The maximum Gasteiger partial charge on any atom is 0.254 e. The molecular formula is C19H21ClFNO. The smallest absolute Gasteiger partial charge is 0.254 e. The number of benzene rings is 2. The number of hydrogen-bond acceptors (Lipinski definition) is 1. The third-order valence-corrected chi connectivity index (χ3v) is 4.04. The van der Waals surface area contributed by atoms with Crippen LogP contribution in [0.25, 0.3) is 0 Å². The summed E-state index contributed by atoms with van der Waals surface area (Å²) in [4.78, 5) is 12.2. The predicted molar refractivity (Wildman–Crippen MR) is 92.4 cm³/mol. The molecule has 4 heteroatoms. The number of amides is 1. The second kappa shape index (κ2) is 6.71. The zero-order chi connectivity index (χ0) is 17.2. The first-order chi connectivity index (χ1) is 10.7. The minimum absolute atomic E-state index is 0.00689. The van der Waals surface area contributed by atoms with Crippen molar-refractivity contribution in [1.82, 2.24) is 5.32 Å². The zero-order valence-corrected chi connectivity index (χ0v) is 14.5. The number of rotatable bonds is 3. The summed E-state index contributed by atoms with van der Waals surface area (Å²) in [5.41, 5.74) is 2.27. The molecule has 0 aliphatic heterocycles. The van der Waals surface area contributed by atoms with E-state index in [0.29, 0.717) is 0 Å². The van der Waals surface area contributed by atoms with Crippen molar-refractivity contribution in [2.45, 2.75) is 39.2 Å². The maximum atomic E-state index is 13.8. The van der Waals surface area contributed by atoms with Crippen molar-refractivity contribution in [2.75, 3.05) is 0 Å². The van der Waals surface area contributed by atoms with Crippen molar-refractivity contribution in [3.05, 3.63) is 70.0 Å². The molecule has 0 aliphatic rings. The predicted octanol–water partition coefficient (Wildman–Crippen LogP) is 5.27. The van der Waals surface area contributed by atoms with Crippen LogP contribution < -0.4 is 5.32 Å². The Kier molecular flexibility index (Phi) is 5.10. The van der Waals surface area contributed by atoms with Gasteiger partial charge in [0.2, 0.25) is 0 Å². The fraction of sp³-hybridized carbons (Fsp3) is 0.316. The first-order valence-corrected chi connectivity index (χ1v) is 7.92. The minimum atomic E-state index is -0.620. The van der Waals surface area contributed by atoms with Gasteiger partial charge >= 0.3 is 0 Å². The Balaban J connectivity index is 2.12. The molecule has 0 heterocycles. The summed E-state index contributed by atoms with van der Waals surface area (Å²) in [6.07, 6.45) is 0. The van der Waals surface area contributed by atoms with Crippen LogP contribution in [-0.2, 0) is 5.41 Å². The molecule has 1 N–H and O–H groups in total. The summed E-state index contributed by atoms with van der Waals surface area (Å²) in [5.74, 6) is -1.07. The molecule has 1 amide bonds. The molecule has 0 bridgehead atoms. The lowest BCUT2D eigenvalue weighted by Crippen LogP contribution is -2.27. The number of carbonyl (C=O) groups is 1. The van der Waals surface area contributed by atoms with Gasteiger partial charge in [-0.25, -0.2) is 4.39 Å². The van der Waals surface area contributed by atoms with Gasteiger partial charge in [-0.2, -0.15) is 0 Å². The second-order valence-corrected chi connectivity index (χ2v) is 7.13. The summed E-state index contributed by atoms with van der Waals surface area (Å²) < 4.78 is 13.8. The highest BCUT2D eigenvalue weighted by Crippen LogP contribution is 2.24. The van der Waals surface area contributed by atoms with Gasteiger partial charge in [0.05, 0.1) is 11.6 Å². The average Bonchev–Trinajstić information content (AvgIpc) is 2.46. The molecule has 2 aromatic rings. The molecule has 1 atom stereocenters. The number of hydrogen-bond donors (Lipinski definition) is 1. The van der Waals surface area contributed by atoms with E-state index in [1.54, 1.807) is 0 Å². The van der Waals surface area contributed by atoms with Crippen LogP contribution in [0.15, 0.2) is 42.5 Å². The quantitative estimate of drug-likeness (QED) is 0.814. The number of nitrogens with one attached hydrogen (secondary N) is 1. The Morgan fingerprint density at radius 2 is 1.74 bits per heavy atom. The largest absolute Gasteiger partial charge is 0.345 e. The van der Waals surface area contributed by atoms with Crippen LogP contribution in [0.2, 0.25) is 5.02 Å². The highest BCUT2D eigenvalue weighted by molar-refractivity contribution is 6.30. The van der Waals surface area contributed by atoms with Crippen LogP contribution in [0, 0.1) is 5.82 Å². The van der Waals surface area contributed by atoms with Gasteiger partial charge in [0.25, 0.3) is 5.91 Å². The third kappa shape index (κ3) is 4.32. The van der Waals surface area contributed by atoms with Crippen molar-refractivity contribution in [1.29, 1.82) is 0 Å². The molecule has 122 valence electrons. The third-order valence-electron chi connectivity index (χ3n) is 3.80. The minimum Gasteiger partial charge on any atom is -0.345 e. The van der Waals surface area contributed by atoms with Gasteiger partial charge in [0, 0.05) is 5.02 Å². The van der Waals surface area contributed by atoms with Crippen LogP contribution in [0.4, 0.5) is 4.39 Å². The van der Waals surface area contributed by atoms with Gasteiger partial charge in [0.1, 0.15) is 5.82 Å². The first kappa shape index (κ1) is 17.5. The molecule has 0 radical (unpaired) electrons. The Hall–Kier alpha value is -1.87. The summed E-state index contributed by atoms with van der Waals surface area (Å²) >= 11 is 5.70. The van der Waals surface area contributed by atoms with Crippen LogP contribution in [-0.4, -0.2) is 5.91 Å². The fourth-order valence-corrected chi connectivity index (χ4v) is 2.46. The van der Waals surface area contributed by atoms with Crippen molar-refractivity contribution in [3.63, 3.8) is 0 Å². The molecule has 0 aromatic heterocycles. The van der Waals surface area contributed by atoms with Crippen molar-refractivity contribution >= 4 is 17.5 Å². The van der Waals surface area contributed by atoms with Crippen molar-refractivity contribution in [3.8, 4) is 0 Å². The molecule has 0 aliphatic carbocycles. The molecule has 0 saturated heterocycles. The van der Waals surface area contributed by atoms with E-state index >= 15 is 0 Å². The van der Waals surface area contributed by atoms with E-state index in [1.807, 2.05) is 19.1 Å². The maximum absolute atomic E-state index is 13.8. The van der Waals surface area contributed by atoms with Crippen molar-refractivity contribution < 1.29 is 9.18 Å². The molecule has 2 aromatic carbocycles. The lowest BCUT2D eigenvalue weighted by molar-refractivity contribution is 0.0936. The average molecular weight is 334 g/mol. The second-order valence-electron chi connectivity index (χ2n) is 6.69. The lowest BCUT2D eigenvalue weighted by atomic mass is 9.86. The Morgan fingerprint density at radius 1 is 1.13 bits per heavy atom. The standard InChI is InChI=1S/C19H21ClFNO/c1-12(13-5-7-14(8-6-13)19(2,3)4)22-18(23)16-10-9-15(20)11-17(16)21/h5-12H,1-4H3,(H,22,23). The van der Waals surface area contributed by atoms with Crippen LogP contribution >= 0.6 is 11.6 Å². The van der Waals surface area contributed by atoms with Crippen LogP contribution in [0.5, 0.6) is 0 Å². The van der Waals surface area contributed by atoms with Gasteiger partial charge in [-0.05, 0) is 41.7 Å². The van der Waals surface area contributed by atoms with Crippen LogP contribution in [0.3, 0.4) is 0 Å². The highest BCUT2D eigenvalue weighted by atomic mass is 35.5. The van der Waals surface area contributed by atoms with E-state index < -0.39 is 11.7 Å². The molecule has 2 nitrogen and oxygen atoms in total. The Bertz CT molecular complexity index is 704. The van der Waals surface area contributed by atoms with Gasteiger partial charge in [-0.3, -0.25) is 4.79 Å². The van der Waals surface area contributed by atoms with E-state index in [-0.39, 0.29) is 22.0 Å². The highest BCUT2D eigenvalue weighted by Gasteiger charge is 2.17. The van der Waals surface area contributed by atoms with E-state index in [4.69, 9.17) is 11.6 Å². The molecule has 0 spiro atoms. The van der Waals surface area contributed by atoms with E-state index in [2.05, 4.69) is 38.2 Å². The van der Waals surface area contributed by atoms with Gasteiger partial charge in [-0.1, -0.05) is 56.6 Å². The molecule has 0 fully saturated rings. The van der Waals surface area contributed by atoms with E-state index in [0.717, 1.165) is 11.6 Å². The number of halogens is 2. The van der Waals surface area contributed by atoms with Gasteiger partial charge in [-0.15, -0.1) is 0 Å². The summed E-state index contributed by atoms with van der Waals surface area (Å²) in [5, 5.41) is 3.08. The fourth-order valence-electron chi connectivity index (χ4n) is 2.30. The Morgan fingerprint density at radius 3 is 2.26 bits per heavy atom. The molecule has 2 rings (SSSR count). The SMILES string of the molecule is CC(NC(=O)c1ccc(Cl)cc1F)c1ccc(C(C)(C)C)cc1. The molecular weight excluding hydrogens is 313 g/mol. The topological polar surface area (TPSA) is 29.1 Å². The normalized spacial score (nSPS) is 12.8. The van der Waals surface area contributed by atoms with Crippen molar-refractivity contribution in [2.24, 2.45) is 0 Å². The van der Waals surface area contributed by atoms with E-state index in [1.165, 1.54) is 17.7 Å². The van der Waals surface area contributed by atoms with Gasteiger partial charge in [0.15, 0.2) is 0 Å². The zero-order valence-electron chi connectivity index (χ0n) is 13.8. The first-order valence-electron chi connectivity index (χ1n) is 7.55. The summed E-state index contributed by atoms with van der Waals surface area (Å²) in [6.45, 7) is 8.32. The van der Waals surface area contributed by atoms with Gasteiger partial charge < -0.3 is 5.32 Å². The molecule has 1 unspecified atom stereocenters. The monoisotopic (exact) mass is 333 g/mol.